The van der Waals surface area contributed by atoms with E-state index in [4.69, 9.17) is 4.74 Å². The lowest BCUT2D eigenvalue weighted by atomic mass is 10.0. The Kier molecular flexibility index (Phi) is 3.41. The predicted molar refractivity (Wildman–Crippen MR) is 43.0 cm³/mol. The zero-order chi connectivity index (χ0) is 8.10. The summed E-state index contributed by atoms with van der Waals surface area (Å²) in [5, 5.41) is 9.32. The van der Waals surface area contributed by atoms with Gasteiger partial charge in [-0.3, -0.25) is 0 Å². The van der Waals surface area contributed by atoms with Gasteiger partial charge in [-0.2, -0.15) is 0 Å². The first-order valence-electron chi connectivity index (χ1n) is 4.00. The van der Waals surface area contributed by atoms with Crippen LogP contribution < -0.4 is 0 Å². The zero-order valence-corrected chi connectivity index (χ0v) is 6.84. The number of rotatable bonds is 2. The molecule has 1 aliphatic rings. The molecule has 1 heterocycles. The maximum Gasteiger partial charge on any atom is 0.0824 e. The Balaban J connectivity index is 2.18. The molecule has 0 amide bonds. The van der Waals surface area contributed by atoms with E-state index in [0.29, 0.717) is 19.1 Å². The van der Waals surface area contributed by atoms with E-state index in [0.717, 1.165) is 12.8 Å². The molecular formula is C9H14O2. The van der Waals surface area contributed by atoms with Crippen molar-refractivity contribution in [2.24, 2.45) is 5.92 Å². The Morgan fingerprint density at radius 3 is 2.91 bits per heavy atom. The minimum Gasteiger partial charge on any atom is -0.390 e. The summed E-state index contributed by atoms with van der Waals surface area (Å²) in [5.41, 5.74) is 0. The van der Waals surface area contributed by atoms with Crippen molar-refractivity contribution in [2.75, 3.05) is 13.2 Å². The zero-order valence-electron chi connectivity index (χ0n) is 6.84. The topological polar surface area (TPSA) is 29.5 Å². The lowest BCUT2D eigenvalue weighted by Crippen LogP contribution is -2.17. The lowest BCUT2D eigenvalue weighted by molar-refractivity contribution is 0.117. The summed E-state index contributed by atoms with van der Waals surface area (Å²) in [6.45, 7) is 3.04. The molecule has 0 bridgehead atoms. The van der Waals surface area contributed by atoms with Crippen molar-refractivity contribution in [3.05, 3.63) is 0 Å². The van der Waals surface area contributed by atoms with E-state index in [1.54, 1.807) is 0 Å². The van der Waals surface area contributed by atoms with Crippen LogP contribution in [-0.2, 0) is 4.74 Å². The molecule has 1 fully saturated rings. The first kappa shape index (κ1) is 8.58. The number of hydrogen-bond donors (Lipinski definition) is 1. The number of ether oxygens (including phenoxy) is 1. The van der Waals surface area contributed by atoms with Gasteiger partial charge in [-0.15, -0.1) is 11.8 Å². The molecule has 0 aromatic rings. The molecule has 0 radical (unpaired) electrons. The van der Waals surface area contributed by atoms with Crippen molar-refractivity contribution in [2.45, 2.75) is 25.9 Å². The standard InChI is InChI=1S/C9H14O2/c1-2-3-4-5-8-6-11-7-9(8)10/h8-10H,4-7H2,1H3/t8-,9-/m1/s1. The first-order chi connectivity index (χ1) is 5.34. The van der Waals surface area contributed by atoms with Gasteiger partial charge in [0, 0.05) is 12.3 Å². The van der Waals surface area contributed by atoms with Gasteiger partial charge in [0.25, 0.3) is 0 Å². The molecule has 0 aromatic heterocycles. The molecule has 0 aliphatic carbocycles. The summed E-state index contributed by atoms with van der Waals surface area (Å²) in [5.74, 6) is 6.13. The third-order valence-corrected chi connectivity index (χ3v) is 1.98. The van der Waals surface area contributed by atoms with Gasteiger partial charge < -0.3 is 9.84 Å². The number of hydrogen-bond acceptors (Lipinski definition) is 2. The quantitative estimate of drug-likeness (QED) is 0.596. The highest BCUT2D eigenvalue weighted by Gasteiger charge is 2.24. The Morgan fingerprint density at radius 2 is 2.36 bits per heavy atom. The number of aliphatic hydroxyl groups excluding tert-OH is 1. The summed E-state index contributed by atoms with van der Waals surface area (Å²) in [4.78, 5) is 0. The minimum absolute atomic E-state index is 0.256. The molecule has 0 saturated carbocycles. The predicted octanol–water partition coefficient (Wildman–Crippen LogP) is 0.797. The number of aliphatic hydroxyl groups is 1. The van der Waals surface area contributed by atoms with Crippen LogP contribution in [0.2, 0.25) is 0 Å². The molecule has 1 N–H and O–H groups in total. The molecule has 0 aromatic carbocycles. The average molecular weight is 154 g/mol. The SMILES string of the molecule is CC#CCC[C@@H]1COC[C@H]1O. The molecule has 2 atom stereocenters. The van der Waals surface area contributed by atoms with Crippen LogP contribution >= 0.6 is 0 Å². The molecule has 2 heteroatoms. The normalized spacial score (nSPS) is 29.6. The summed E-state index contributed by atoms with van der Waals surface area (Å²) in [6, 6.07) is 0. The Bertz CT molecular complexity index is 166. The van der Waals surface area contributed by atoms with E-state index >= 15 is 0 Å². The van der Waals surface area contributed by atoms with Crippen molar-refractivity contribution in [1.82, 2.24) is 0 Å². The van der Waals surface area contributed by atoms with Crippen LogP contribution in [0.4, 0.5) is 0 Å². The van der Waals surface area contributed by atoms with Gasteiger partial charge in [0.05, 0.1) is 19.3 Å². The van der Waals surface area contributed by atoms with Gasteiger partial charge in [0.1, 0.15) is 0 Å². The van der Waals surface area contributed by atoms with Crippen molar-refractivity contribution < 1.29 is 9.84 Å². The van der Waals surface area contributed by atoms with Gasteiger partial charge in [0.2, 0.25) is 0 Å². The first-order valence-corrected chi connectivity index (χ1v) is 4.00. The second kappa shape index (κ2) is 4.38. The molecule has 11 heavy (non-hydrogen) atoms. The highest BCUT2D eigenvalue weighted by atomic mass is 16.5. The van der Waals surface area contributed by atoms with Crippen LogP contribution in [0.1, 0.15) is 19.8 Å². The fourth-order valence-corrected chi connectivity index (χ4v) is 1.25. The van der Waals surface area contributed by atoms with Crippen LogP contribution in [0.25, 0.3) is 0 Å². The van der Waals surface area contributed by atoms with Crippen LogP contribution in [0, 0.1) is 17.8 Å². The van der Waals surface area contributed by atoms with E-state index < -0.39 is 0 Å². The summed E-state index contributed by atoms with van der Waals surface area (Å²) < 4.78 is 5.10. The van der Waals surface area contributed by atoms with Crippen molar-refractivity contribution in [1.29, 1.82) is 0 Å². The summed E-state index contributed by atoms with van der Waals surface area (Å²) in [6.07, 6.45) is 1.58. The van der Waals surface area contributed by atoms with Crippen molar-refractivity contribution in [3.8, 4) is 11.8 Å². The third kappa shape index (κ3) is 2.53. The van der Waals surface area contributed by atoms with Gasteiger partial charge in [-0.05, 0) is 13.3 Å². The monoisotopic (exact) mass is 154 g/mol. The van der Waals surface area contributed by atoms with Crippen molar-refractivity contribution in [3.63, 3.8) is 0 Å². The van der Waals surface area contributed by atoms with E-state index in [1.807, 2.05) is 6.92 Å². The van der Waals surface area contributed by atoms with Gasteiger partial charge in [-0.25, -0.2) is 0 Å². The molecule has 1 saturated heterocycles. The average Bonchev–Trinajstić information content (AvgIpc) is 2.37. The highest BCUT2D eigenvalue weighted by molar-refractivity contribution is 4.95. The van der Waals surface area contributed by atoms with E-state index in [-0.39, 0.29) is 6.10 Å². The molecular weight excluding hydrogens is 140 g/mol. The fraction of sp³-hybridized carbons (Fsp3) is 0.778. The van der Waals surface area contributed by atoms with E-state index in [2.05, 4.69) is 11.8 Å². The molecule has 0 unspecified atom stereocenters. The summed E-state index contributed by atoms with van der Waals surface area (Å²) in [7, 11) is 0. The van der Waals surface area contributed by atoms with Crippen molar-refractivity contribution >= 4 is 0 Å². The lowest BCUT2D eigenvalue weighted by Gasteiger charge is -2.08. The van der Waals surface area contributed by atoms with Gasteiger partial charge in [0.15, 0.2) is 0 Å². The maximum atomic E-state index is 9.32. The Morgan fingerprint density at radius 1 is 1.55 bits per heavy atom. The van der Waals surface area contributed by atoms with E-state index in [1.165, 1.54) is 0 Å². The third-order valence-electron chi connectivity index (χ3n) is 1.98. The molecule has 1 aliphatic heterocycles. The Hall–Kier alpha value is -0.520. The second-order valence-corrected chi connectivity index (χ2v) is 2.83. The van der Waals surface area contributed by atoms with Crippen LogP contribution in [-0.4, -0.2) is 24.4 Å². The fourth-order valence-electron chi connectivity index (χ4n) is 1.25. The highest BCUT2D eigenvalue weighted by Crippen LogP contribution is 2.18. The molecule has 1 rings (SSSR count). The molecule has 2 nitrogen and oxygen atoms in total. The minimum atomic E-state index is -0.256. The maximum absolute atomic E-state index is 9.32. The largest absolute Gasteiger partial charge is 0.390 e. The summed E-state index contributed by atoms with van der Waals surface area (Å²) >= 11 is 0. The second-order valence-electron chi connectivity index (χ2n) is 2.83. The van der Waals surface area contributed by atoms with Crippen LogP contribution in [0.5, 0.6) is 0 Å². The van der Waals surface area contributed by atoms with Gasteiger partial charge >= 0.3 is 0 Å². The molecule has 62 valence electrons. The van der Waals surface area contributed by atoms with E-state index in [9.17, 15) is 5.11 Å². The smallest absolute Gasteiger partial charge is 0.0824 e. The van der Waals surface area contributed by atoms with Crippen LogP contribution in [0.15, 0.2) is 0 Å². The Labute approximate surface area is 67.6 Å². The van der Waals surface area contributed by atoms with Gasteiger partial charge in [-0.1, -0.05) is 0 Å². The molecule has 0 spiro atoms. The van der Waals surface area contributed by atoms with Crippen LogP contribution in [0.3, 0.4) is 0 Å².